The van der Waals surface area contributed by atoms with Crippen LogP contribution in [0.15, 0.2) is 60.7 Å². The minimum Gasteiger partial charge on any atom is -0.135 e. The van der Waals surface area contributed by atoms with Crippen LogP contribution < -0.4 is 0 Å². The largest absolute Gasteiger partial charge is 0.135 e. The van der Waals surface area contributed by atoms with E-state index in [9.17, 15) is 0 Å². The number of aryl methyl sites for hydroxylation is 2. The molecule has 0 saturated carbocycles. The highest BCUT2D eigenvalue weighted by atomic mass is 32.1. The Balaban J connectivity index is 1.64. The molecular weight excluding hydrogens is 400 g/mol. The van der Waals surface area contributed by atoms with Crippen LogP contribution in [0.3, 0.4) is 0 Å². The van der Waals surface area contributed by atoms with Gasteiger partial charge in [-0.2, -0.15) is 0 Å². The van der Waals surface area contributed by atoms with Crippen molar-refractivity contribution in [2.75, 3.05) is 0 Å². The first-order valence-electron chi connectivity index (χ1n) is 11.0. The van der Waals surface area contributed by atoms with Crippen molar-refractivity contribution in [3.8, 4) is 0 Å². The summed E-state index contributed by atoms with van der Waals surface area (Å²) >= 11 is 3.92. The Morgan fingerprint density at radius 1 is 0.500 bits per heavy atom. The molecule has 0 atom stereocenters. The average molecular weight is 425 g/mol. The Labute approximate surface area is 184 Å². The molecule has 0 amide bonds. The molecule has 30 heavy (non-hydrogen) atoms. The first-order valence-corrected chi connectivity index (χ1v) is 12.6. The molecule has 0 aliphatic heterocycles. The molecule has 148 valence electrons. The minimum atomic E-state index is 1.16. The van der Waals surface area contributed by atoms with Crippen LogP contribution in [0.1, 0.15) is 37.8 Å². The van der Waals surface area contributed by atoms with Gasteiger partial charge in [0.05, 0.1) is 0 Å². The summed E-state index contributed by atoms with van der Waals surface area (Å²) < 4.78 is 5.71. The van der Waals surface area contributed by atoms with Gasteiger partial charge in [0.1, 0.15) is 0 Å². The Kier molecular flexibility index (Phi) is 4.33. The molecule has 0 aliphatic rings. The van der Waals surface area contributed by atoms with E-state index in [1.807, 2.05) is 22.7 Å². The highest BCUT2D eigenvalue weighted by Gasteiger charge is 2.13. The molecule has 2 aromatic heterocycles. The molecule has 2 heterocycles. The number of hydrogen-bond donors (Lipinski definition) is 0. The molecule has 6 rings (SSSR count). The second kappa shape index (κ2) is 7.08. The number of hydrogen-bond acceptors (Lipinski definition) is 2. The van der Waals surface area contributed by atoms with Crippen LogP contribution >= 0.6 is 22.7 Å². The molecular formula is C28H24S2. The molecule has 0 spiro atoms. The summed E-state index contributed by atoms with van der Waals surface area (Å²) in [5, 5.41) is 8.40. The van der Waals surface area contributed by atoms with Gasteiger partial charge in [-0.3, -0.25) is 0 Å². The molecule has 0 N–H and O–H groups in total. The second-order valence-electron chi connectivity index (χ2n) is 8.34. The molecule has 4 aromatic carbocycles. The first-order chi connectivity index (χ1) is 14.8. The maximum atomic E-state index is 2.41. The van der Waals surface area contributed by atoms with Gasteiger partial charge >= 0.3 is 0 Å². The van der Waals surface area contributed by atoms with Gasteiger partial charge in [0, 0.05) is 51.1 Å². The summed E-state index contributed by atoms with van der Waals surface area (Å²) in [4.78, 5) is 0. The fourth-order valence-electron chi connectivity index (χ4n) is 4.85. The van der Waals surface area contributed by atoms with Crippen molar-refractivity contribution in [1.29, 1.82) is 0 Å². The number of fused-ring (bicyclic) bond motifs is 9. The molecule has 0 radical (unpaired) electrons. The van der Waals surface area contributed by atoms with Gasteiger partial charge in [-0.1, -0.05) is 75.2 Å². The summed E-state index contributed by atoms with van der Waals surface area (Å²) in [5.74, 6) is 0. The van der Waals surface area contributed by atoms with Crippen LogP contribution in [-0.4, -0.2) is 0 Å². The van der Waals surface area contributed by atoms with Gasteiger partial charge in [0.25, 0.3) is 0 Å². The molecule has 0 aliphatic carbocycles. The first kappa shape index (κ1) is 18.4. The van der Waals surface area contributed by atoms with Gasteiger partial charge in [-0.15, -0.1) is 22.7 Å². The highest BCUT2D eigenvalue weighted by molar-refractivity contribution is 7.28. The topological polar surface area (TPSA) is 0 Å². The average Bonchev–Trinajstić information content (AvgIpc) is 3.31. The maximum Gasteiger partial charge on any atom is 0.0434 e. The smallest absolute Gasteiger partial charge is 0.0434 e. The van der Waals surface area contributed by atoms with E-state index in [1.54, 1.807) is 0 Å². The summed E-state index contributed by atoms with van der Waals surface area (Å²) in [6, 6.07) is 23.5. The zero-order valence-corrected chi connectivity index (χ0v) is 19.1. The van der Waals surface area contributed by atoms with E-state index in [2.05, 4.69) is 74.5 Å². The van der Waals surface area contributed by atoms with Crippen LogP contribution in [0.25, 0.3) is 51.1 Å². The Bertz CT molecular complexity index is 1440. The minimum absolute atomic E-state index is 1.16. The van der Waals surface area contributed by atoms with E-state index in [0.29, 0.717) is 0 Å². The van der Waals surface area contributed by atoms with Crippen LogP contribution in [0, 0.1) is 0 Å². The summed E-state index contributed by atoms with van der Waals surface area (Å²) in [5.41, 5.74) is 2.91. The highest BCUT2D eigenvalue weighted by Crippen LogP contribution is 2.44. The zero-order chi connectivity index (χ0) is 20.2. The van der Waals surface area contributed by atoms with Crippen LogP contribution in [-0.2, 0) is 12.8 Å². The normalized spacial score (nSPS) is 12.2. The van der Waals surface area contributed by atoms with E-state index >= 15 is 0 Å². The molecule has 0 bridgehead atoms. The lowest BCUT2D eigenvalue weighted by Gasteiger charge is -2.02. The Hall–Kier alpha value is -2.42. The molecule has 0 nitrogen and oxygen atoms in total. The van der Waals surface area contributed by atoms with Crippen molar-refractivity contribution in [2.24, 2.45) is 0 Å². The Morgan fingerprint density at radius 3 is 1.27 bits per heavy atom. The Morgan fingerprint density at radius 2 is 0.867 bits per heavy atom. The van der Waals surface area contributed by atoms with Crippen molar-refractivity contribution < 1.29 is 0 Å². The van der Waals surface area contributed by atoms with Crippen molar-refractivity contribution >= 4 is 73.8 Å². The van der Waals surface area contributed by atoms with E-state index in [-0.39, 0.29) is 0 Å². The number of thiophene rings is 2. The number of benzene rings is 4. The van der Waals surface area contributed by atoms with E-state index in [1.165, 1.54) is 75.1 Å². The predicted molar refractivity (Wildman–Crippen MR) is 138 cm³/mol. The lowest BCUT2D eigenvalue weighted by Crippen LogP contribution is -1.80. The third-order valence-corrected chi connectivity index (χ3v) is 8.68. The molecule has 0 fully saturated rings. The summed E-state index contributed by atoms with van der Waals surface area (Å²) in [6.07, 6.45) is 4.72. The molecule has 2 heteroatoms. The van der Waals surface area contributed by atoms with Gasteiger partial charge in [0.2, 0.25) is 0 Å². The van der Waals surface area contributed by atoms with Crippen molar-refractivity contribution in [3.63, 3.8) is 0 Å². The lowest BCUT2D eigenvalue weighted by atomic mass is 10.0. The van der Waals surface area contributed by atoms with E-state index in [0.717, 1.165) is 12.8 Å². The number of rotatable bonds is 4. The van der Waals surface area contributed by atoms with Crippen molar-refractivity contribution in [1.82, 2.24) is 0 Å². The van der Waals surface area contributed by atoms with Crippen molar-refractivity contribution in [2.45, 2.75) is 39.5 Å². The van der Waals surface area contributed by atoms with Gasteiger partial charge < -0.3 is 0 Å². The van der Waals surface area contributed by atoms with E-state index in [4.69, 9.17) is 0 Å². The fourth-order valence-corrected chi connectivity index (χ4v) is 7.44. The van der Waals surface area contributed by atoms with Crippen LogP contribution in [0.5, 0.6) is 0 Å². The van der Waals surface area contributed by atoms with Crippen molar-refractivity contribution in [3.05, 3.63) is 71.8 Å². The summed E-state index contributed by atoms with van der Waals surface area (Å²) in [6.45, 7) is 4.51. The SMILES string of the molecule is CCCc1ccc2c(c1)sc1c2ccc2c1ccc1c3ccc(CCC)cc3sc12. The van der Waals surface area contributed by atoms with Crippen LogP contribution in [0.2, 0.25) is 0 Å². The van der Waals surface area contributed by atoms with Gasteiger partial charge in [-0.05, 0) is 36.1 Å². The second-order valence-corrected chi connectivity index (χ2v) is 10.4. The standard InChI is InChI=1S/C28H24S2/c1-3-5-17-7-9-19-21-11-13-24-23(27(21)29-25(19)15-17)14-12-22-20-10-8-18(6-4-2)16-26(20)30-28(22)24/h7-16H,3-6H2,1-2H3. The lowest BCUT2D eigenvalue weighted by molar-refractivity contribution is 0.924. The molecule has 0 unspecified atom stereocenters. The summed E-state index contributed by atoms with van der Waals surface area (Å²) in [7, 11) is 0. The molecule has 0 saturated heterocycles. The van der Waals surface area contributed by atoms with Gasteiger partial charge in [0.15, 0.2) is 0 Å². The fraction of sp³-hybridized carbons (Fsp3) is 0.214. The quantitative estimate of drug-likeness (QED) is 0.264. The monoisotopic (exact) mass is 424 g/mol. The van der Waals surface area contributed by atoms with Crippen LogP contribution in [0.4, 0.5) is 0 Å². The zero-order valence-electron chi connectivity index (χ0n) is 17.4. The molecule has 6 aromatic rings. The van der Waals surface area contributed by atoms with E-state index < -0.39 is 0 Å². The predicted octanol–water partition coefficient (Wildman–Crippen LogP) is 9.48. The maximum absolute atomic E-state index is 2.41. The van der Waals surface area contributed by atoms with Gasteiger partial charge in [-0.25, -0.2) is 0 Å². The third kappa shape index (κ3) is 2.71. The third-order valence-electron chi connectivity index (χ3n) is 6.28.